The minimum atomic E-state index is -0.807. The molecule has 0 saturated carbocycles. The first-order valence-corrected chi connectivity index (χ1v) is 5.79. The lowest BCUT2D eigenvalue weighted by atomic mass is 9.98. The van der Waals surface area contributed by atoms with Gasteiger partial charge in [0.1, 0.15) is 0 Å². The molecule has 0 spiro atoms. The Kier molecular flexibility index (Phi) is 3.43. The molecule has 1 N–H and O–H groups in total. The lowest BCUT2D eigenvalue weighted by molar-refractivity contribution is -0.154. The van der Waals surface area contributed by atoms with Crippen LogP contribution in [0.25, 0.3) is 0 Å². The summed E-state index contributed by atoms with van der Waals surface area (Å²) in [7, 11) is 0. The third-order valence-electron chi connectivity index (χ3n) is 3.26. The van der Waals surface area contributed by atoms with E-state index < -0.39 is 5.97 Å². The molecule has 1 unspecified atom stereocenters. The molecule has 2 aliphatic rings. The molecule has 0 aromatic rings. The van der Waals surface area contributed by atoms with Gasteiger partial charge in [0.15, 0.2) is 0 Å². The van der Waals surface area contributed by atoms with E-state index in [1.54, 1.807) is 4.90 Å². The Labute approximate surface area is 94.4 Å². The highest BCUT2D eigenvalue weighted by atomic mass is 16.5. The van der Waals surface area contributed by atoms with Crippen molar-refractivity contribution >= 4 is 11.9 Å². The third-order valence-corrected chi connectivity index (χ3v) is 3.26. The molecular weight excluding hydrogens is 210 g/mol. The summed E-state index contributed by atoms with van der Waals surface area (Å²) in [6, 6.07) is 0. The van der Waals surface area contributed by atoms with Crippen molar-refractivity contribution in [2.24, 2.45) is 5.92 Å². The lowest BCUT2D eigenvalue weighted by Gasteiger charge is -2.37. The van der Waals surface area contributed by atoms with E-state index in [0.717, 1.165) is 25.9 Å². The highest BCUT2D eigenvalue weighted by molar-refractivity contribution is 5.81. The van der Waals surface area contributed by atoms with Gasteiger partial charge in [-0.2, -0.15) is 0 Å². The molecule has 5 nitrogen and oxygen atoms in total. The maximum absolute atomic E-state index is 11.7. The number of hydrogen-bond donors (Lipinski definition) is 1. The van der Waals surface area contributed by atoms with Crippen molar-refractivity contribution in [2.45, 2.75) is 31.8 Å². The fourth-order valence-electron chi connectivity index (χ4n) is 2.13. The van der Waals surface area contributed by atoms with Crippen molar-refractivity contribution in [1.82, 2.24) is 4.90 Å². The van der Waals surface area contributed by atoms with E-state index in [2.05, 4.69) is 0 Å². The predicted octanol–water partition coefficient (Wildman–Crippen LogP) is 0.489. The first-order valence-electron chi connectivity index (χ1n) is 5.79. The van der Waals surface area contributed by atoms with Crippen molar-refractivity contribution in [3.8, 4) is 0 Å². The number of nitrogens with zero attached hydrogens (tertiary/aromatic N) is 1. The summed E-state index contributed by atoms with van der Waals surface area (Å²) in [6.07, 6.45) is 3.60. The van der Waals surface area contributed by atoms with Crippen molar-refractivity contribution in [2.75, 3.05) is 19.7 Å². The van der Waals surface area contributed by atoms with E-state index in [4.69, 9.17) is 9.84 Å². The van der Waals surface area contributed by atoms with Crippen molar-refractivity contribution in [3.05, 3.63) is 0 Å². The largest absolute Gasteiger partial charge is 0.481 e. The number of ether oxygens (including phenoxy) is 1. The van der Waals surface area contributed by atoms with Crippen LogP contribution in [0.2, 0.25) is 0 Å². The highest BCUT2D eigenvalue weighted by Crippen LogP contribution is 2.21. The molecule has 0 radical (unpaired) electrons. The molecular formula is C11H17NO4. The lowest BCUT2D eigenvalue weighted by Crippen LogP contribution is -2.53. The van der Waals surface area contributed by atoms with Crippen molar-refractivity contribution in [3.63, 3.8) is 0 Å². The van der Waals surface area contributed by atoms with Crippen LogP contribution < -0.4 is 0 Å². The Morgan fingerprint density at radius 1 is 1.31 bits per heavy atom. The van der Waals surface area contributed by atoms with Crippen molar-refractivity contribution < 1.29 is 19.4 Å². The smallest absolute Gasteiger partial charge is 0.310 e. The van der Waals surface area contributed by atoms with Gasteiger partial charge in [0.05, 0.1) is 18.4 Å². The van der Waals surface area contributed by atoms with Gasteiger partial charge >= 0.3 is 5.97 Å². The van der Waals surface area contributed by atoms with Crippen LogP contribution in [-0.4, -0.2) is 47.7 Å². The molecule has 2 rings (SSSR count). The topological polar surface area (TPSA) is 66.8 Å². The van der Waals surface area contributed by atoms with Gasteiger partial charge in [-0.15, -0.1) is 0 Å². The summed E-state index contributed by atoms with van der Waals surface area (Å²) in [6.45, 7) is 1.47. The number of likely N-dealkylation sites (tertiary alicyclic amines) is 1. The maximum atomic E-state index is 11.7. The molecule has 5 heteroatoms. The van der Waals surface area contributed by atoms with Gasteiger partial charge in [-0.1, -0.05) is 0 Å². The van der Waals surface area contributed by atoms with Crippen LogP contribution in [0.1, 0.15) is 25.7 Å². The summed E-state index contributed by atoms with van der Waals surface area (Å²) in [5, 5.41) is 8.69. The summed E-state index contributed by atoms with van der Waals surface area (Å²) in [4.78, 5) is 23.9. The zero-order valence-electron chi connectivity index (χ0n) is 9.22. The van der Waals surface area contributed by atoms with Crippen LogP contribution in [0, 0.1) is 5.92 Å². The summed E-state index contributed by atoms with van der Waals surface area (Å²) >= 11 is 0. The van der Waals surface area contributed by atoms with Gasteiger partial charge in [-0.05, 0) is 19.3 Å². The third kappa shape index (κ3) is 2.52. The van der Waals surface area contributed by atoms with Crippen LogP contribution in [0.4, 0.5) is 0 Å². The number of rotatable bonds is 3. The number of carbonyl (C=O) groups is 2. The van der Waals surface area contributed by atoms with E-state index in [1.807, 2.05) is 0 Å². The second-order valence-electron chi connectivity index (χ2n) is 4.53. The van der Waals surface area contributed by atoms with Crippen LogP contribution in [-0.2, 0) is 14.3 Å². The molecule has 2 fully saturated rings. The Morgan fingerprint density at radius 3 is 2.62 bits per heavy atom. The summed E-state index contributed by atoms with van der Waals surface area (Å²) in [5.41, 5.74) is 0. The molecule has 0 aromatic carbocycles. The van der Waals surface area contributed by atoms with Gasteiger partial charge in [-0.3, -0.25) is 9.59 Å². The second-order valence-corrected chi connectivity index (χ2v) is 4.53. The van der Waals surface area contributed by atoms with Crippen LogP contribution in [0.3, 0.4) is 0 Å². The monoisotopic (exact) mass is 227 g/mol. The molecule has 2 saturated heterocycles. The molecule has 2 aliphatic heterocycles. The minimum absolute atomic E-state index is 0.0319. The summed E-state index contributed by atoms with van der Waals surface area (Å²) in [5.74, 6) is -1.14. The predicted molar refractivity (Wildman–Crippen MR) is 55.9 cm³/mol. The number of carboxylic acids is 1. The summed E-state index contributed by atoms with van der Waals surface area (Å²) < 4.78 is 5.48. The van der Waals surface area contributed by atoms with Gasteiger partial charge in [-0.25, -0.2) is 0 Å². The van der Waals surface area contributed by atoms with Crippen molar-refractivity contribution in [1.29, 1.82) is 0 Å². The standard InChI is InChI=1S/C11H17NO4/c13-10(5-9-3-1-2-4-16-9)12-6-8(7-12)11(14)15/h8-9H,1-7H2,(H,14,15). The van der Waals surface area contributed by atoms with E-state index >= 15 is 0 Å². The molecule has 1 atom stereocenters. The molecule has 16 heavy (non-hydrogen) atoms. The van der Waals surface area contributed by atoms with Gasteiger partial charge in [0.25, 0.3) is 0 Å². The fourth-order valence-corrected chi connectivity index (χ4v) is 2.13. The Bertz CT molecular complexity index is 280. The SMILES string of the molecule is O=C(O)C1CN(C(=O)CC2CCCCO2)C1. The molecule has 0 bridgehead atoms. The molecule has 2 heterocycles. The van der Waals surface area contributed by atoms with E-state index in [9.17, 15) is 9.59 Å². The average molecular weight is 227 g/mol. The Balaban J connectivity index is 1.71. The number of carbonyl (C=O) groups excluding carboxylic acids is 1. The van der Waals surface area contributed by atoms with Gasteiger partial charge in [0.2, 0.25) is 5.91 Å². The van der Waals surface area contributed by atoms with E-state index in [-0.39, 0.29) is 17.9 Å². The first-order chi connectivity index (χ1) is 7.66. The number of amides is 1. The Hall–Kier alpha value is -1.10. The zero-order chi connectivity index (χ0) is 11.5. The first kappa shape index (κ1) is 11.4. The molecule has 0 aromatic heterocycles. The molecule has 0 aliphatic carbocycles. The van der Waals surface area contributed by atoms with Gasteiger partial charge in [0, 0.05) is 19.7 Å². The second kappa shape index (κ2) is 4.82. The molecule has 1 amide bonds. The quantitative estimate of drug-likeness (QED) is 0.762. The fraction of sp³-hybridized carbons (Fsp3) is 0.818. The number of hydrogen-bond acceptors (Lipinski definition) is 3. The van der Waals surface area contributed by atoms with Crippen LogP contribution >= 0.6 is 0 Å². The minimum Gasteiger partial charge on any atom is -0.481 e. The maximum Gasteiger partial charge on any atom is 0.310 e. The van der Waals surface area contributed by atoms with Gasteiger partial charge < -0.3 is 14.7 Å². The van der Waals surface area contributed by atoms with E-state index in [0.29, 0.717) is 19.5 Å². The average Bonchev–Trinajstić information content (AvgIpc) is 2.15. The zero-order valence-corrected chi connectivity index (χ0v) is 9.22. The number of carboxylic acid groups (broad SMARTS) is 1. The number of aliphatic carboxylic acids is 1. The Morgan fingerprint density at radius 2 is 2.06 bits per heavy atom. The van der Waals surface area contributed by atoms with E-state index in [1.165, 1.54) is 0 Å². The highest BCUT2D eigenvalue weighted by Gasteiger charge is 2.36. The normalized spacial score (nSPS) is 26.2. The van der Waals surface area contributed by atoms with Crippen LogP contribution in [0.15, 0.2) is 0 Å². The molecule has 90 valence electrons. The van der Waals surface area contributed by atoms with Crippen LogP contribution in [0.5, 0.6) is 0 Å².